The molecule has 0 spiro atoms. The van der Waals surface area contributed by atoms with E-state index in [-0.39, 0.29) is 6.10 Å². The first-order valence-corrected chi connectivity index (χ1v) is 6.75. The molecule has 1 saturated heterocycles. The minimum absolute atomic E-state index is 0.141. The maximum absolute atomic E-state index is 10.7. The summed E-state index contributed by atoms with van der Waals surface area (Å²) in [5.74, 6) is 1.30. The van der Waals surface area contributed by atoms with Crippen LogP contribution in [0.2, 0.25) is 0 Å². The van der Waals surface area contributed by atoms with E-state index in [1.165, 1.54) is 0 Å². The predicted octanol–water partition coefficient (Wildman–Crippen LogP) is 1.41. The molecule has 2 unspecified atom stereocenters. The van der Waals surface area contributed by atoms with Gasteiger partial charge in [-0.05, 0) is 12.8 Å². The number of aromatic nitrogens is 3. The highest BCUT2D eigenvalue weighted by Gasteiger charge is 2.37. The van der Waals surface area contributed by atoms with Crippen LogP contribution in [0.15, 0.2) is 6.33 Å². The third-order valence-corrected chi connectivity index (χ3v) is 3.71. The first-order valence-electron chi connectivity index (χ1n) is 6.75. The van der Waals surface area contributed by atoms with Crippen molar-refractivity contribution in [1.82, 2.24) is 14.8 Å². The van der Waals surface area contributed by atoms with Crippen LogP contribution in [0, 0.1) is 5.92 Å². The minimum atomic E-state index is -0.701. The van der Waals surface area contributed by atoms with Gasteiger partial charge < -0.3 is 9.84 Å². The number of aliphatic hydroxyl groups is 1. The number of hydrogen-bond acceptors (Lipinski definition) is 4. The summed E-state index contributed by atoms with van der Waals surface area (Å²) >= 11 is 0. The average molecular weight is 253 g/mol. The van der Waals surface area contributed by atoms with Crippen LogP contribution in [-0.4, -0.2) is 38.2 Å². The zero-order valence-electron chi connectivity index (χ0n) is 11.5. The summed E-state index contributed by atoms with van der Waals surface area (Å²) in [4.78, 5) is 4.25. The number of rotatable bonds is 4. The van der Waals surface area contributed by atoms with Crippen LogP contribution >= 0.6 is 0 Å². The summed E-state index contributed by atoms with van der Waals surface area (Å²) in [7, 11) is 0. The Kier molecular flexibility index (Phi) is 4.02. The van der Waals surface area contributed by atoms with Crippen molar-refractivity contribution in [2.75, 3.05) is 6.61 Å². The van der Waals surface area contributed by atoms with Crippen LogP contribution < -0.4 is 0 Å². The second-order valence-electron chi connectivity index (χ2n) is 5.50. The van der Waals surface area contributed by atoms with Gasteiger partial charge in [-0.15, -0.1) is 0 Å². The lowest BCUT2D eigenvalue weighted by Gasteiger charge is -2.38. The Bertz CT molecular complexity index is 391. The van der Waals surface area contributed by atoms with Gasteiger partial charge in [-0.25, -0.2) is 4.98 Å². The molecule has 1 aromatic rings. The fourth-order valence-electron chi connectivity index (χ4n) is 2.51. The highest BCUT2D eigenvalue weighted by atomic mass is 16.5. The highest BCUT2D eigenvalue weighted by molar-refractivity contribution is 4.97. The summed E-state index contributed by atoms with van der Waals surface area (Å²) in [5, 5.41) is 14.9. The standard InChI is InChI=1S/C13H23N3O2/c1-4-16-12(14-9-15-16)8-13(17)5-6-18-11(7-13)10(2)3/h9-11,17H,4-8H2,1-3H3. The van der Waals surface area contributed by atoms with Gasteiger partial charge in [0.05, 0.1) is 11.7 Å². The van der Waals surface area contributed by atoms with Crippen molar-refractivity contribution in [3.05, 3.63) is 12.2 Å². The molecule has 0 aromatic carbocycles. The van der Waals surface area contributed by atoms with Crippen molar-refractivity contribution < 1.29 is 9.84 Å². The van der Waals surface area contributed by atoms with Gasteiger partial charge in [0.1, 0.15) is 12.2 Å². The number of ether oxygens (including phenoxy) is 1. The van der Waals surface area contributed by atoms with Crippen LogP contribution in [0.25, 0.3) is 0 Å². The van der Waals surface area contributed by atoms with E-state index in [0.717, 1.165) is 12.4 Å². The number of aryl methyl sites for hydroxylation is 1. The molecule has 5 nitrogen and oxygen atoms in total. The van der Waals surface area contributed by atoms with E-state index in [0.29, 0.717) is 31.8 Å². The van der Waals surface area contributed by atoms with E-state index in [1.54, 1.807) is 6.33 Å². The largest absolute Gasteiger partial charge is 0.389 e. The van der Waals surface area contributed by atoms with Gasteiger partial charge in [0.2, 0.25) is 0 Å². The van der Waals surface area contributed by atoms with E-state index < -0.39 is 5.60 Å². The van der Waals surface area contributed by atoms with Crippen LogP contribution in [0.5, 0.6) is 0 Å². The van der Waals surface area contributed by atoms with Gasteiger partial charge in [0.25, 0.3) is 0 Å². The molecule has 0 aliphatic carbocycles. The number of nitrogens with zero attached hydrogens (tertiary/aromatic N) is 3. The van der Waals surface area contributed by atoms with E-state index in [4.69, 9.17) is 4.74 Å². The predicted molar refractivity (Wildman–Crippen MR) is 68.2 cm³/mol. The van der Waals surface area contributed by atoms with Gasteiger partial charge in [-0.2, -0.15) is 5.10 Å². The van der Waals surface area contributed by atoms with Crippen molar-refractivity contribution in [2.45, 2.75) is 58.3 Å². The Morgan fingerprint density at radius 3 is 3.06 bits per heavy atom. The summed E-state index contributed by atoms with van der Waals surface area (Å²) in [6.07, 6.45) is 3.62. The van der Waals surface area contributed by atoms with Crippen molar-refractivity contribution in [2.24, 2.45) is 5.92 Å². The van der Waals surface area contributed by atoms with Crippen molar-refractivity contribution in [3.8, 4) is 0 Å². The topological polar surface area (TPSA) is 60.2 Å². The molecule has 1 fully saturated rings. The molecule has 1 aliphatic heterocycles. The second kappa shape index (κ2) is 5.36. The highest BCUT2D eigenvalue weighted by Crippen LogP contribution is 2.30. The summed E-state index contributed by atoms with van der Waals surface area (Å²) in [6, 6.07) is 0. The molecule has 0 saturated carbocycles. The van der Waals surface area contributed by atoms with Crippen molar-refractivity contribution in [3.63, 3.8) is 0 Å². The smallest absolute Gasteiger partial charge is 0.138 e. The van der Waals surface area contributed by atoms with E-state index in [2.05, 4.69) is 23.9 Å². The van der Waals surface area contributed by atoms with E-state index >= 15 is 0 Å². The fraction of sp³-hybridized carbons (Fsp3) is 0.846. The van der Waals surface area contributed by atoms with Gasteiger partial charge in [0, 0.05) is 32.4 Å². The second-order valence-corrected chi connectivity index (χ2v) is 5.50. The quantitative estimate of drug-likeness (QED) is 0.881. The van der Waals surface area contributed by atoms with E-state index in [1.807, 2.05) is 11.6 Å². The van der Waals surface area contributed by atoms with Gasteiger partial charge in [-0.3, -0.25) is 4.68 Å². The third kappa shape index (κ3) is 2.90. The normalized spacial score (nSPS) is 28.8. The zero-order valence-corrected chi connectivity index (χ0v) is 11.5. The zero-order chi connectivity index (χ0) is 13.2. The van der Waals surface area contributed by atoms with Crippen molar-refractivity contribution in [1.29, 1.82) is 0 Å². The lowest BCUT2D eigenvalue weighted by Crippen LogP contribution is -2.44. The SMILES string of the molecule is CCn1ncnc1CC1(O)CCOC(C(C)C)C1. The van der Waals surface area contributed by atoms with Crippen LogP contribution in [0.3, 0.4) is 0 Å². The Morgan fingerprint density at radius 1 is 1.61 bits per heavy atom. The molecule has 2 rings (SSSR count). The Balaban J connectivity index is 2.07. The molecule has 5 heteroatoms. The van der Waals surface area contributed by atoms with Gasteiger partial charge in [-0.1, -0.05) is 13.8 Å². The molecule has 1 aliphatic rings. The first-order chi connectivity index (χ1) is 8.54. The lowest BCUT2D eigenvalue weighted by atomic mass is 9.84. The Morgan fingerprint density at radius 2 is 2.39 bits per heavy atom. The molecular weight excluding hydrogens is 230 g/mol. The maximum Gasteiger partial charge on any atom is 0.138 e. The van der Waals surface area contributed by atoms with Crippen LogP contribution in [0.4, 0.5) is 0 Å². The molecule has 2 atom stereocenters. The average Bonchev–Trinajstić information content (AvgIpc) is 2.75. The van der Waals surface area contributed by atoms with Gasteiger partial charge in [0.15, 0.2) is 0 Å². The molecule has 0 bridgehead atoms. The fourth-order valence-corrected chi connectivity index (χ4v) is 2.51. The lowest BCUT2D eigenvalue weighted by molar-refractivity contribution is -0.117. The molecule has 18 heavy (non-hydrogen) atoms. The molecule has 0 radical (unpaired) electrons. The van der Waals surface area contributed by atoms with Crippen LogP contribution in [0.1, 0.15) is 39.4 Å². The molecule has 0 amide bonds. The third-order valence-electron chi connectivity index (χ3n) is 3.71. The molecular formula is C13H23N3O2. The molecule has 2 heterocycles. The summed E-state index contributed by atoms with van der Waals surface area (Å²) in [5.41, 5.74) is -0.701. The maximum atomic E-state index is 10.7. The van der Waals surface area contributed by atoms with E-state index in [9.17, 15) is 5.11 Å². The van der Waals surface area contributed by atoms with Crippen molar-refractivity contribution >= 4 is 0 Å². The molecule has 1 N–H and O–H groups in total. The number of hydrogen-bond donors (Lipinski definition) is 1. The summed E-state index contributed by atoms with van der Waals surface area (Å²) < 4.78 is 7.55. The monoisotopic (exact) mass is 253 g/mol. The summed E-state index contributed by atoms with van der Waals surface area (Å²) in [6.45, 7) is 7.70. The molecule has 1 aromatic heterocycles. The minimum Gasteiger partial charge on any atom is -0.389 e. The van der Waals surface area contributed by atoms with Crippen LogP contribution in [-0.2, 0) is 17.7 Å². The van der Waals surface area contributed by atoms with Gasteiger partial charge >= 0.3 is 0 Å². The first kappa shape index (κ1) is 13.5. The Hall–Kier alpha value is -0.940. The molecule has 102 valence electrons. The Labute approximate surface area is 108 Å².